The summed E-state index contributed by atoms with van der Waals surface area (Å²) in [7, 11) is 0. The number of benzene rings is 2. The van der Waals surface area contributed by atoms with Crippen molar-refractivity contribution in [3.05, 3.63) is 81.1 Å². The third-order valence-corrected chi connectivity index (χ3v) is 6.97. The fourth-order valence-corrected chi connectivity index (χ4v) is 5.41. The normalized spacial score (nSPS) is 19.3. The zero-order valence-corrected chi connectivity index (χ0v) is 18.4. The molecule has 1 atom stereocenters. The number of hydrogen-bond acceptors (Lipinski definition) is 2. The molecule has 6 heteroatoms. The van der Waals surface area contributed by atoms with Gasteiger partial charge in [0, 0.05) is 50.9 Å². The van der Waals surface area contributed by atoms with Crippen molar-refractivity contribution in [3.63, 3.8) is 0 Å². The van der Waals surface area contributed by atoms with Gasteiger partial charge in [0.25, 0.3) is 0 Å². The summed E-state index contributed by atoms with van der Waals surface area (Å²) in [6, 6.07) is 16.0. The highest BCUT2D eigenvalue weighted by atomic mass is 35.5. The molecule has 1 N–H and O–H groups in total. The van der Waals surface area contributed by atoms with E-state index >= 15 is 0 Å². The van der Waals surface area contributed by atoms with Gasteiger partial charge in [0.1, 0.15) is 5.03 Å². The Morgan fingerprint density at radius 1 is 1.00 bits per heavy atom. The number of aryl methyl sites for hydroxylation is 2. The van der Waals surface area contributed by atoms with Gasteiger partial charge >= 0.3 is 5.97 Å². The van der Waals surface area contributed by atoms with Crippen molar-refractivity contribution < 1.29 is 9.53 Å². The Kier molecular flexibility index (Phi) is 4.28. The van der Waals surface area contributed by atoms with Gasteiger partial charge in [-0.25, -0.2) is 4.79 Å². The molecule has 0 fully saturated rings. The van der Waals surface area contributed by atoms with Gasteiger partial charge in [-0.1, -0.05) is 59.6 Å². The third kappa shape index (κ3) is 2.32. The van der Waals surface area contributed by atoms with Crippen LogP contribution >= 0.6 is 23.2 Å². The van der Waals surface area contributed by atoms with Crippen LogP contribution < -0.4 is 0 Å². The molecule has 1 aliphatic rings. The van der Waals surface area contributed by atoms with Gasteiger partial charge in [-0.3, -0.25) is 0 Å². The molecule has 0 spiro atoms. The topological polar surface area (TPSA) is 47.0 Å². The van der Waals surface area contributed by atoms with Gasteiger partial charge < -0.3 is 14.3 Å². The largest absolute Gasteiger partial charge is 0.439 e. The molecule has 30 heavy (non-hydrogen) atoms. The van der Waals surface area contributed by atoms with Gasteiger partial charge in [-0.05, 0) is 32.9 Å². The molecule has 0 saturated carbocycles. The number of aromatic amines is 1. The van der Waals surface area contributed by atoms with Gasteiger partial charge in [0.15, 0.2) is 0 Å². The van der Waals surface area contributed by atoms with Crippen LogP contribution in [0, 0.1) is 13.8 Å². The summed E-state index contributed by atoms with van der Waals surface area (Å²) in [5.41, 5.74) is 4.22. The number of aromatic nitrogens is 2. The fraction of sp³-hybridized carbons (Fsp3) is 0.208. The number of hydrogen-bond donors (Lipinski definition) is 1. The minimum Gasteiger partial charge on any atom is -0.439 e. The predicted molar refractivity (Wildman–Crippen MR) is 121 cm³/mol. The van der Waals surface area contributed by atoms with Crippen molar-refractivity contribution in [2.75, 3.05) is 0 Å². The van der Waals surface area contributed by atoms with Crippen LogP contribution in [0.2, 0.25) is 0 Å². The highest BCUT2D eigenvalue weighted by molar-refractivity contribution is 6.49. The van der Waals surface area contributed by atoms with Crippen molar-refractivity contribution in [1.29, 1.82) is 0 Å². The third-order valence-electron chi connectivity index (χ3n) is 6.07. The Morgan fingerprint density at radius 3 is 2.33 bits per heavy atom. The van der Waals surface area contributed by atoms with Gasteiger partial charge in [0.05, 0.1) is 5.03 Å². The number of halogens is 2. The summed E-state index contributed by atoms with van der Waals surface area (Å²) in [5, 5.41) is 2.05. The highest BCUT2D eigenvalue weighted by Crippen LogP contribution is 2.55. The lowest BCUT2D eigenvalue weighted by Crippen LogP contribution is -2.31. The molecular formula is C24H20Cl2N2O2. The quantitative estimate of drug-likeness (QED) is 0.384. The van der Waals surface area contributed by atoms with Crippen LogP contribution in [0.5, 0.6) is 0 Å². The van der Waals surface area contributed by atoms with Crippen LogP contribution in [0.3, 0.4) is 0 Å². The molecule has 2 aromatic carbocycles. The smallest absolute Gasteiger partial charge is 0.352 e. The van der Waals surface area contributed by atoms with Crippen LogP contribution in [0.25, 0.3) is 21.8 Å². The van der Waals surface area contributed by atoms with Crippen molar-refractivity contribution in [1.82, 2.24) is 9.55 Å². The van der Waals surface area contributed by atoms with Crippen LogP contribution in [0.15, 0.2) is 58.6 Å². The first-order valence-electron chi connectivity index (χ1n) is 9.87. The Hall–Kier alpha value is -2.69. The molecular weight excluding hydrogens is 419 g/mol. The van der Waals surface area contributed by atoms with Gasteiger partial charge in [-0.2, -0.15) is 0 Å². The number of esters is 1. The summed E-state index contributed by atoms with van der Waals surface area (Å²) in [5.74, 6) is -0.612. The highest BCUT2D eigenvalue weighted by Gasteiger charge is 2.54. The van der Waals surface area contributed by atoms with Crippen molar-refractivity contribution in [2.45, 2.75) is 32.9 Å². The second-order valence-electron chi connectivity index (χ2n) is 7.59. The first-order chi connectivity index (χ1) is 14.4. The Labute approximate surface area is 184 Å². The number of carbonyl (C=O) groups is 1. The molecule has 2 aromatic heterocycles. The predicted octanol–water partition coefficient (Wildman–Crippen LogP) is 6.25. The first-order valence-corrected chi connectivity index (χ1v) is 10.6. The average Bonchev–Trinajstić information content (AvgIpc) is 3.30. The molecule has 5 rings (SSSR count). The summed E-state index contributed by atoms with van der Waals surface area (Å²) in [6.45, 7) is 6.88. The maximum atomic E-state index is 12.7. The molecule has 3 heterocycles. The van der Waals surface area contributed by atoms with E-state index in [4.69, 9.17) is 27.9 Å². The van der Waals surface area contributed by atoms with E-state index in [-0.39, 0.29) is 10.1 Å². The number of H-pyrrole nitrogens is 1. The van der Waals surface area contributed by atoms with Crippen LogP contribution in [0.1, 0.15) is 29.4 Å². The first kappa shape index (κ1) is 19.3. The number of nitrogens with one attached hydrogen (secondary N) is 1. The monoisotopic (exact) mass is 438 g/mol. The second-order valence-corrected chi connectivity index (χ2v) is 8.35. The zero-order valence-electron chi connectivity index (χ0n) is 16.8. The summed E-state index contributed by atoms with van der Waals surface area (Å²) in [4.78, 5) is 16.1. The van der Waals surface area contributed by atoms with E-state index in [2.05, 4.69) is 22.5 Å². The van der Waals surface area contributed by atoms with E-state index in [1.165, 1.54) is 0 Å². The maximum absolute atomic E-state index is 12.7. The molecule has 4 aromatic rings. The lowest BCUT2D eigenvalue weighted by molar-refractivity contribution is -0.144. The Bertz CT molecular complexity index is 1380. The summed E-state index contributed by atoms with van der Waals surface area (Å²) < 4.78 is 8.34. The van der Waals surface area contributed by atoms with Gasteiger partial charge in [-0.15, -0.1) is 0 Å². The van der Waals surface area contributed by atoms with Crippen LogP contribution in [-0.2, 0) is 21.7 Å². The number of nitrogens with zero attached hydrogens (tertiary/aromatic N) is 1. The average molecular weight is 439 g/mol. The van der Waals surface area contributed by atoms with E-state index in [0.29, 0.717) is 0 Å². The fourth-order valence-electron chi connectivity index (χ4n) is 4.93. The number of ether oxygens (including phenoxy) is 1. The number of rotatable bonds is 3. The van der Waals surface area contributed by atoms with Crippen molar-refractivity contribution in [3.8, 4) is 0 Å². The molecule has 0 radical (unpaired) electrons. The SMILES string of the molecule is CCn1c(C)c(C2(c3c(C)[nH]c4ccccc34)OC(=O)C(Cl)=C2Cl)c2ccccc21. The summed E-state index contributed by atoms with van der Waals surface area (Å²) >= 11 is 13.3. The molecule has 0 bridgehead atoms. The van der Waals surface area contributed by atoms with Crippen molar-refractivity contribution >= 4 is 51.0 Å². The van der Waals surface area contributed by atoms with Crippen LogP contribution in [0.4, 0.5) is 0 Å². The number of para-hydroxylation sites is 2. The second kappa shape index (κ2) is 6.66. The number of fused-ring (bicyclic) bond motifs is 2. The molecule has 0 saturated heterocycles. The zero-order chi connectivity index (χ0) is 21.2. The summed E-state index contributed by atoms with van der Waals surface area (Å²) in [6.07, 6.45) is 0. The lowest BCUT2D eigenvalue weighted by Gasteiger charge is -2.30. The van der Waals surface area contributed by atoms with Gasteiger partial charge in [0.2, 0.25) is 5.60 Å². The minimum atomic E-state index is -1.32. The van der Waals surface area contributed by atoms with E-state index in [1.807, 2.05) is 56.3 Å². The van der Waals surface area contributed by atoms with Crippen molar-refractivity contribution in [2.24, 2.45) is 0 Å². The number of carbonyl (C=O) groups excluding carboxylic acids is 1. The van der Waals surface area contributed by atoms with Crippen LogP contribution in [-0.4, -0.2) is 15.5 Å². The van der Waals surface area contributed by atoms with E-state index in [9.17, 15) is 4.79 Å². The molecule has 0 aliphatic carbocycles. The molecule has 152 valence electrons. The van der Waals surface area contributed by atoms with E-state index in [1.54, 1.807) is 0 Å². The van der Waals surface area contributed by atoms with E-state index in [0.717, 1.165) is 50.9 Å². The molecule has 1 aliphatic heterocycles. The van der Waals surface area contributed by atoms with E-state index < -0.39 is 11.6 Å². The maximum Gasteiger partial charge on any atom is 0.352 e. The molecule has 1 unspecified atom stereocenters. The Morgan fingerprint density at radius 2 is 1.67 bits per heavy atom. The lowest BCUT2D eigenvalue weighted by atomic mass is 9.82. The Balaban J connectivity index is 2.00. The molecule has 4 nitrogen and oxygen atoms in total. The number of cyclic esters (lactones) is 1. The minimum absolute atomic E-state index is 0.0749. The standard InChI is InChI=1S/C24H20Cl2N2O2/c1-4-28-14(3)20(16-10-6-8-12-18(16)28)24(22(26)21(25)23(29)30-24)19-13(2)27-17-11-7-5-9-15(17)19/h5-12,27H,4H2,1-3H3. The molecule has 0 amide bonds.